The van der Waals surface area contributed by atoms with Crippen LogP contribution in [0.4, 0.5) is 24.7 Å². The summed E-state index contributed by atoms with van der Waals surface area (Å²) in [4.78, 5) is 13.3. The largest absolute Gasteiger partial charge is 0.416 e. The Hall–Kier alpha value is -2.94. The van der Waals surface area contributed by atoms with Crippen LogP contribution in [0.3, 0.4) is 0 Å². The van der Waals surface area contributed by atoms with Crippen LogP contribution in [0.1, 0.15) is 11.4 Å². The van der Waals surface area contributed by atoms with E-state index in [2.05, 4.69) is 36.2 Å². The normalized spacial score (nSPS) is 11.8. The van der Waals surface area contributed by atoms with Crippen molar-refractivity contribution in [1.29, 1.82) is 0 Å². The summed E-state index contributed by atoms with van der Waals surface area (Å²) in [6.07, 6.45) is -1.26. The zero-order valence-corrected chi connectivity index (χ0v) is 16.1. The number of fused-ring (bicyclic) bond motifs is 1. The van der Waals surface area contributed by atoms with Crippen molar-refractivity contribution < 1.29 is 13.2 Å². The first kappa shape index (κ1) is 18.4. The van der Waals surface area contributed by atoms with Gasteiger partial charge in [-0.3, -0.25) is 9.55 Å². The van der Waals surface area contributed by atoms with Gasteiger partial charge in [-0.1, -0.05) is 15.9 Å². The Balaban J connectivity index is 1.67. The van der Waals surface area contributed by atoms with Gasteiger partial charge in [0.1, 0.15) is 5.82 Å². The molecule has 2 aromatic carbocycles. The number of nitrogens with zero attached hydrogens (tertiary/aromatic N) is 4. The summed E-state index contributed by atoms with van der Waals surface area (Å²) in [7, 11) is 0. The van der Waals surface area contributed by atoms with E-state index in [0.717, 1.165) is 33.5 Å². The van der Waals surface area contributed by atoms with Crippen LogP contribution in [0.2, 0.25) is 0 Å². The number of nitrogens with one attached hydrogen (secondary N) is 1. The molecule has 0 saturated carbocycles. The van der Waals surface area contributed by atoms with Crippen molar-refractivity contribution >= 4 is 38.5 Å². The van der Waals surface area contributed by atoms with Crippen LogP contribution in [-0.2, 0) is 6.18 Å². The minimum atomic E-state index is -4.37. The van der Waals surface area contributed by atoms with Crippen molar-refractivity contribution in [2.45, 2.75) is 13.1 Å². The minimum absolute atomic E-state index is 0.411. The predicted molar refractivity (Wildman–Crippen MR) is 104 cm³/mol. The van der Waals surface area contributed by atoms with E-state index >= 15 is 0 Å². The molecule has 9 heteroatoms. The van der Waals surface area contributed by atoms with Crippen molar-refractivity contribution in [2.75, 3.05) is 5.32 Å². The van der Waals surface area contributed by atoms with Gasteiger partial charge in [-0.2, -0.15) is 13.2 Å². The molecule has 0 atom stereocenters. The maximum Gasteiger partial charge on any atom is 0.416 e. The van der Waals surface area contributed by atoms with Gasteiger partial charge in [0.15, 0.2) is 11.6 Å². The molecular weight excluding hydrogens is 435 g/mol. The number of alkyl halides is 3. The Kier molecular flexibility index (Phi) is 4.54. The first-order valence-electron chi connectivity index (χ1n) is 8.22. The second-order valence-electron chi connectivity index (χ2n) is 6.09. The number of benzene rings is 2. The Morgan fingerprint density at radius 2 is 1.75 bits per heavy atom. The minimum Gasteiger partial charge on any atom is -0.339 e. The topological polar surface area (TPSA) is 55.6 Å². The van der Waals surface area contributed by atoms with Gasteiger partial charge in [0.05, 0.1) is 29.0 Å². The van der Waals surface area contributed by atoms with Crippen molar-refractivity contribution in [3.8, 4) is 5.82 Å². The molecule has 5 nitrogen and oxygen atoms in total. The average Bonchev–Trinajstić information content (AvgIpc) is 2.96. The molecule has 1 N–H and O–H groups in total. The lowest BCUT2D eigenvalue weighted by Crippen LogP contribution is -2.05. The SMILES string of the molecule is Cc1nc2ccc(Br)cc2n1-c1cncc(Nc2ccc(C(F)(F)F)cc2)n1. The summed E-state index contributed by atoms with van der Waals surface area (Å²) >= 11 is 3.46. The van der Waals surface area contributed by atoms with Crippen molar-refractivity contribution in [2.24, 2.45) is 0 Å². The molecule has 2 aromatic heterocycles. The highest BCUT2D eigenvalue weighted by molar-refractivity contribution is 9.10. The number of imidazole rings is 1. The molecule has 0 amide bonds. The van der Waals surface area contributed by atoms with Gasteiger partial charge in [0, 0.05) is 10.2 Å². The summed E-state index contributed by atoms with van der Waals surface area (Å²) in [5.41, 5.74) is 1.47. The standard InChI is InChI=1S/C19H13BrF3N5/c1-11-25-15-7-4-13(20)8-16(15)28(11)18-10-24-9-17(27-18)26-14-5-2-12(3-6-14)19(21,22)23/h2-10H,1H3,(H,26,27). The average molecular weight is 448 g/mol. The number of aryl methyl sites for hydroxylation is 1. The fourth-order valence-electron chi connectivity index (χ4n) is 2.87. The maximum atomic E-state index is 12.7. The molecule has 0 spiro atoms. The van der Waals surface area contributed by atoms with Crippen LogP contribution in [0.15, 0.2) is 59.3 Å². The number of rotatable bonds is 3. The Morgan fingerprint density at radius 3 is 2.46 bits per heavy atom. The summed E-state index contributed by atoms with van der Waals surface area (Å²) in [5.74, 6) is 1.71. The zero-order valence-electron chi connectivity index (χ0n) is 14.5. The van der Waals surface area contributed by atoms with Crippen LogP contribution >= 0.6 is 15.9 Å². The third-order valence-corrected chi connectivity index (χ3v) is 4.61. The highest BCUT2D eigenvalue weighted by atomic mass is 79.9. The Labute approximate surface area is 166 Å². The molecule has 4 aromatic rings. The number of anilines is 2. The van der Waals surface area contributed by atoms with E-state index in [4.69, 9.17) is 0 Å². The quantitative estimate of drug-likeness (QED) is 0.440. The fraction of sp³-hybridized carbons (Fsp3) is 0.105. The van der Waals surface area contributed by atoms with Gasteiger partial charge in [-0.15, -0.1) is 0 Å². The van der Waals surface area contributed by atoms with E-state index in [1.165, 1.54) is 18.3 Å². The van der Waals surface area contributed by atoms with Gasteiger partial charge < -0.3 is 5.32 Å². The lowest BCUT2D eigenvalue weighted by atomic mass is 10.2. The third kappa shape index (κ3) is 3.57. The number of hydrogen-bond donors (Lipinski definition) is 1. The van der Waals surface area contributed by atoms with Crippen LogP contribution in [-0.4, -0.2) is 19.5 Å². The molecule has 0 aliphatic carbocycles. The third-order valence-electron chi connectivity index (χ3n) is 4.12. The van der Waals surface area contributed by atoms with Crippen LogP contribution < -0.4 is 5.32 Å². The van der Waals surface area contributed by atoms with Gasteiger partial charge >= 0.3 is 6.18 Å². The molecule has 2 heterocycles. The molecule has 0 radical (unpaired) electrons. The molecule has 0 fully saturated rings. The summed E-state index contributed by atoms with van der Waals surface area (Å²) < 4.78 is 40.9. The highest BCUT2D eigenvalue weighted by Gasteiger charge is 2.29. The summed E-state index contributed by atoms with van der Waals surface area (Å²) in [6, 6.07) is 10.5. The molecule has 4 rings (SSSR count). The first-order valence-corrected chi connectivity index (χ1v) is 9.02. The predicted octanol–water partition coefficient (Wildman–Crippen LogP) is 5.65. The van der Waals surface area contributed by atoms with E-state index in [0.29, 0.717) is 17.3 Å². The van der Waals surface area contributed by atoms with E-state index in [-0.39, 0.29) is 0 Å². The zero-order chi connectivity index (χ0) is 19.9. The fourth-order valence-corrected chi connectivity index (χ4v) is 3.22. The molecule has 0 bridgehead atoms. The maximum absolute atomic E-state index is 12.7. The second kappa shape index (κ2) is 6.90. The Morgan fingerprint density at radius 1 is 1.00 bits per heavy atom. The molecule has 0 aliphatic heterocycles. The molecular formula is C19H13BrF3N5. The monoisotopic (exact) mass is 447 g/mol. The van der Waals surface area contributed by atoms with Gasteiger partial charge in [0.2, 0.25) is 0 Å². The molecule has 0 unspecified atom stereocenters. The lowest BCUT2D eigenvalue weighted by Gasteiger charge is -2.11. The van der Waals surface area contributed by atoms with Crippen molar-refractivity contribution in [3.05, 3.63) is 70.7 Å². The summed E-state index contributed by atoms with van der Waals surface area (Å²) in [5, 5.41) is 2.98. The molecule has 28 heavy (non-hydrogen) atoms. The summed E-state index contributed by atoms with van der Waals surface area (Å²) in [6.45, 7) is 1.87. The van der Waals surface area contributed by atoms with Crippen molar-refractivity contribution in [3.63, 3.8) is 0 Å². The number of aromatic nitrogens is 4. The van der Waals surface area contributed by atoms with Gasteiger partial charge in [-0.05, 0) is 49.4 Å². The van der Waals surface area contributed by atoms with Crippen LogP contribution in [0, 0.1) is 6.92 Å². The smallest absolute Gasteiger partial charge is 0.339 e. The van der Waals surface area contributed by atoms with E-state index in [1.807, 2.05) is 29.7 Å². The Bertz CT molecular complexity index is 1150. The van der Waals surface area contributed by atoms with Gasteiger partial charge in [0.25, 0.3) is 0 Å². The van der Waals surface area contributed by atoms with E-state index in [9.17, 15) is 13.2 Å². The van der Waals surface area contributed by atoms with E-state index < -0.39 is 11.7 Å². The molecule has 0 aliphatic rings. The van der Waals surface area contributed by atoms with E-state index in [1.54, 1.807) is 6.20 Å². The lowest BCUT2D eigenvalue weighted by molar-refractivity contribution is -0.137. The molecule has 142 valence electrons. The second-order valence-corrected chi connectivity index (χ2v) is 7.01. The molecule has 0 saturated heterocycles. The van der Waals surface area contributed by atoms with Crippen molar-refractivity contribution in [1.82, 2.24) is 19.5 Å². The highest BCUT2D eigenvalue weighted by Crippen LogP contribution is 2.30. The first-order chi connectivity index (χ1) is 13.3. The number of hydrogen-bond acceptors (Lipinski definition) is 4. The van der Waals surface area contributed by atoms with Gasteiger partial charge in [-0.25, -0.2) is 9.97 Å². The number of halogens is 4. The van der Waals surface area contributed by atoms with Crippen LogP contribution in [0.5, 0.6) is 0 Å². The van der Waals surface area contributed by atoms with Crippen LogP contribution in [0.25, 0.3) is 16.9 Å².